The van der Waals surface area contributed by atoms with Crippen LogP contribution in [0.3, 0.4) is 0 Å². The first-order chi connectivity index (χ1) is 7.97. The number of rotatable bonds is 5. The molecule has 2 unspecified atom stereocenters. The van der Waals surface area contributed by atoms with Gasteiger partial charge in [0.15, 0.2) is 0 Å². The highest BCUT2D eigenvalue weighted by Gasteiger charge is 2.21. The molecule has 0 radical (unpaired) electrons. The zero-order valence-electron chi connectivity index (χ0n) is 10.5. The van der Waals surface area contributed by atoms with Gasteiger partial charge in [0.25, 0.3) is 0 Å². The van der Waals surface area contributed by atoms with Gasteiger partial charge in [0.1, 0.15) is 0 Å². The third-order valence-electron chi connectivity index (χ3n) is 3.17. The summed E-state index contributed by atoms with van der Waals surface area (Å²) in [5.74, 6) is 0. The standard InChI is InChI=1S/C13H19ClN2S/c1-4-12(13(15)17)16(3)9(2)10-5-7-11(14)8-6-10/h5-9,12H,4H2,1-3H3,(H2,15,17). The van der Waals surface area contributed by atoms with E-state index in [1.807, 2.05) is 31.3 Å². The zero-order valence-corrected chi connectivity index (χ0v) is 12.1. The fourth-order valence-corrected chi connectivity index (χ4v) is 2.40. The zero-order chi connectivity index (χ0) is 13.0. The van der Waals surface area contributed by atoms with Crippen molar-refractivity contribution in [3.05, 3.63) is 34.9 Å². The molecule has 0 saturated heterocycles. The Hall–Kier alpha value is -0.640. The van der Waals surface area contributed by atoms with Gasteiger partial charge < -0.3 is 5.73 Å². The first-order valence-corrected chi connectivity index (χ1v) is 6.52. The summed E-state index contributed by atoms with van der Waals surface area (Å²) in [6.07, 6.45) is 0.920. The highest BCUT2D eigenvalue weighted by Crippen LogP contribution is 2.23. The van der Waals surface area contributed by atoms with Crippen molar-refractivity contribution in [3.8, 4) is 0 Å². The Bertz CT molecular complexity index is 378. The Morgan fingerprint density at radius 3 is 2.35 bits per heavy atom. The first kappa shape index (κ1) is 14.4. The topological polar surface area (TPSA) is 29.3 Å². The Morgan fingerprint density at radius 2 is 1.94 bits per heavy atom. The van der Waals surface area contributed by atoms with Gasteiger partial charge in [0, 0.05) is 11.1 Å². The highest BCUT2D eigenvalue weighted by molar-refractivity contribution is 7.80. The molecule has 2 atom stereocenters. The van der Waals surface area contributed by atoms with Crippen molar-refractivity contribution in [1.29, 1.82) is 0 Å². The number of benzene rings is 1. The maximum atomic E-state index is 5.88. The van der Waals surface area contributed by atoms with E-state index in [9.17, 15) is 0 Å². The van der Waals surface area contributed by atoms with Gasteiger partial charge >= 0.3 is 0 Å². The third kappa shape index (κ3) is 3.66. The SMILES string of the molecule is CCC(C(N)=S)N(C)C(C)c1ccc(Cl)cc1. The molecule has 1 aromatic rings. The number of nitrogens with zero attached hydrogens (tertiary/aromatic N) is 1. The molecule has 0 aliphatic carbocycles. The van der Waals surface area contributed by atoms with E-state index in [1.165, 1.54) is 5.56 Å². The summed E-state index contributed by atoms with van der Waals surface area (Å²) in [6, 6.07) is 8.28. The minimum atomic E-state index is 0.135. The predicted octanol–water partition coefficient (Wildman–Crippen LogP) is 3.40. The number of hydrogen-bond acceptors (Lipinski definition) is 2. The average Bonchev–Trinajstić information content (AvgIpc) is 2.29. The van der Waals surface area contributed by atoms with E-state index >= 15 is 0 Å². The lowest BCUT2D eigenvalue weighted by Crippen LogP contribution is -2.42. The Labute approximate surface area is 114 Å². The Kier molecular flexibility index (Phi) is 5.37. The third-order valence-corrected chi connectivity index (χ3v) is 3.69. The Morgan fingerprint density at radius 1 is 1.41 bits per heavy atom. The van der Waals surface area contributed by atoms with Crippen molar-refractivity contribution in [2.75, 3.05) is 7.05 Å². The molecule has 0 spiro atoms. The molecule has 4 heteroatoms. The van der Waals surface area contributed by atoms with Crippen LogP contribution in [0.25, 0.3) is 0 Å². The molecule has 0 fully saturated rings. The van der Waals surface area contributed by atoms with E-state index in [4.69, 9.17) is 29.6 Å². The summed E-state index contributed by atoms with van der Waals surface area (Å²) in [7, 11) is 2.05. The lowest BCUT2D eigenvalue weighted by Gasteiger charge is -2.32. The summed E-state index contributed by atoms with van der Waals surface area (Å²) >= 11 is 11.0. The normalized spacial score (nSPS) is 14.6. The van der Waals surface area contributed by atoms with Gasteiger partial charge in [-0.05, 0) is 38.1 Å². The van der Waals surface area contributed by atoms with E-state index in [-0.39, 0.29) is 12.1 Å². The van der Waals surface area contributed by atoms with E-state index < -0.39 is 0 Å². The number of hydrogen-bond donors (Lipinski definition) is 1. The van der Waals surface area contributed by atoms with Crippen LogP contribution < -0.4 is 5.73 Å². The molecule has 0 aromatic heterocycles. The maximum Gasteiger partial charge on any atom is 0.0901 e. The van der Waals surface area contributed by atoms with Crippen LogP contribution in [-0.4, -0.2) is 23.0 Å². The van der Waals surface area contributed by atoms with Crippen molar-refractivity contribution < 1.29 is 0 Å². The fraction of sp³-hybridized carbons (Fsp3) is 0.462. The van der Waals surface area contributed by atoms with Crippen molar-refractivity contribution >= 4 is 28.8 Å². The maximum absolute atomic E-state index is 5.88. The van der Waals surface area contributed by atoms with Crippen molar-refractivity contribution in [2.24, 2.45) is 5.73 Å². The van der Waals surface area contributed by atoms with Crippen molar-refractivity contribution in [2.45, 2.75) is 32.4 Å². The summed E-state index contributed by atoms with van der Waals surface area (Å²) < 4.78 is 0. The van der Waals surface area contributed by atoms with Crippen LogP contribution in [-0.2, 0) is 0 Å². The van der Waals surface area contributed by atoms with Crippen LogP contribution >= 0.6 is 23.8 Å². The molecule has 2 nitrogen and oxygen atoms in total. The molecule has 0 bridgehead atoms. The monoisotopic (exact) mass is 270 g/mol. The Balaban J connectivity index is 2.84. The van der Waals surface area contributed by atoms with Crippen LogP contribution in [0.4, 0.5) is 0 Å². The summed E-state index contributed by atoms with van der Waals surface area (Å²) in [5.41, 5.74) is 6.97. The molecule has 0 aliphatic rings. The van der Waals surface area contributed by atoms with Crippen LogP contribution in [0.15, 0.2) is 24.3 Å². The molecule has 94 valence electrons. The van der Waals surface area contributed by atoms with Gasteiger partial charge in [-0.15, -0.1) is 0 Å². The molecule has 1 aromatic carbocycles. The molecule has 0 aliphatic heterocycles. The lowest BCUT2D eigenvalue weighted by molar-refractivity contribution is 0.226. The van der Waals surface area contributed by atoms with Gasteiger partial charge in [-0.3, -0.25) is 4.90 Å². The first-order valence-electron chi connectivity index (χ1n) is 5.74. The van der Waals surface area contributed by atoms with Crippen LogP contribution in [0, 0.1) is 0 Å². The minimum absolute atomic E-state index is 0.135. The molecule has 2 N–H and O–H groups in total. The molecule has 0 amide bonds. The summed E-state index contributed by atoms with van der Waals surface area (Å²) in [4.78, 5) is 2.75. The van der Waals surface area contributed by atoms with E-state index in [2.05, 4.69) is 18.7 Å². The predicted molar refractivity (Wildman–Crippen MR) is 78.5 cm³/mol. The molecule has 0 saturated carbocycles. The van der Waals surface area contributed by atoms with Crippen LogP contribution in [0.1, 0.15) is 31.9 Å². The summed E-state index contributed by atoms with van der Waals surface area (Å²) in [6.45, 7) is 4.24. The van der Waals surface area contributed by atoms with Crippen molar-refractivity contribution in [3.63, 3.8) is 0 Å². The highest BCUT2D eigenvalue weighted by atomic mass is 35.5. The van der Waals surface area contributed by atoms with Crippen molar-refractivity contribution in [1.82, 2.24) is 4.90 Å². The lowest BCUT2D eigenvalue weighted by atomic mass is 10.0. The quantitative estimate of drug-likeness (QED) is 0.832. The second kappa shape index (κ2) is 6.34. The van der Waals surface area contributed by atoms with Crippen LogP contribution in [0.2, 0.25) is 5.02 Å². The number of thiocarbonyl (C=S) groups is 1. The van der Waals surface area contributed by atoms with Gasteiger partial charge in [0.05, 0.1) is 11.0 Å². The second-order valence-electron chi connectivity index (χ2n) is 4.22. The van der Waals surface area contributed by atoms with Gasteiger partial charge in [-0.25, -0.2) is 0 Å². The molecular formula is C13H19ClN2S. The summed E-state index contributed by atoms with van der Waals surface area (Å²) in [5, 5.41) is 0.755. The molecule has 0 heterocycles. The van der Waals surface area contributed by atoms with E-state index in [0.29, 0.717) is 4.99 Å². The molecular weight excluding hydrogens is 252 g/mol. The van der Waals surface area contributed by atoms with Crippen LogP contribution in [0.5, 0.6) is 0 Å². The number of likely N-dealkylation sites (N-methyl/N-ethyl adjacent to an activating group) is 1. The largest absolute Gasteiger partial charge is 0.392 e. The van der Waals surface area contributed by atoms with Gasteiger partial charge in [-0.1, -0.05) is 42.9 Å². The minimum Gasteiger partial charge on any atom is -0.392 e. The fourth-order valence-electron chi connectivity index (χ4n) is 1.94. The molecule has 17 heavy (non-hydrogen) atoms. The second-order valence-corrected chi connectivity index (χ2v) is 5.13. The molecule has 1 rings (SSSR count). The average molecular weight is 271 g/mol. The van der Waals surface area contributed by atoms with Gasteiger partial charge in [-0.2, -0.15) is 0 Å². The van der Waals surface area contributed by atoms with E-state index in [1.54, 1.807) is 0 Å². The number of halogens is 1. The van der Waals surface area contributed by atoms with Gasteiger partial charge in [0.2, 0.25) is 0 Å². The smallest absolute Gasteiger partial charge is 0.0901 e. The van der Waals surface area contributed by atoms with E-state index in [0.717, 1.165) is 11.4 Å². The number of nitrogens with two attached hydrogens (primary N) is 1.